The number of carbonyl (C=O) groups excluding carboxylic acids is 1. The minimum absolute atomic E-state index is 0.160. The molecule has 3 rings (SSSR count). The van der Waals surface area contributed by atoms with E-state index in [0.29, 0.717) is 37.7 Å². The second-order valence-corrected chi connectivity index (χ2v) is 6.27. The standard InChI is InChI=1S/C19H24FN3O3/c1-25-12-10-22(11-13-26-2)19(24)18-14-6-5-9-16(14)23(21-18)17-8-4-3-7-15(17)20/h3-4,7-8H,5-6,9-13H2,1-2H3. The molecule has 0 fully saturated rings. The molecule has 0 aliphatic heterocycles. The molecule has 0 saturated carbocycles. The van der Waals surface area contributed by atoms with E-state index in [1.54, 1.807) is 42.0 Å². The summed E-state index contributed by atoms with van der Waals surface area (Å²) in [5.41, 5.74) is 2.65. The van der Waals surface area contributed by atoms with Crippen molar-refractivity contribution in [3.05, 3.63) is 47.0 Å². The summed E-state index contributed by atoms with van der Waals surface area (Å²) in [7, 11) is 3.20. The zero-order chi connectivity index (χ0) is 18.5. The molecule has 1 aliphatic carbocycles. The second kappa shape index (κ2) is 8.42. The van der Waals surface area contributed by atoms with Gasteiger partial charge in [0.2, 0.25) is 0 Å². The Bertz CT molecular complexity index is 767. The van der Waals surface area contributed by atoms with Gasteiger partial charge in [-0.05, 0) is 31.4 Å². The summed E-state index contributed by atoms with van der Waals surface area (Å²) >= 11 is 0. The highest BCUT2D eigenvalue weighted by Gasteiger charge is 2.30. The van der Waals surface area contributed by atoms with Gasteiger partial charge in [0.25, 0.3) is 5.91 Å². The highest BCUT2D eigenvalue weighted by Crippen LogP contribution is 2.29. The number of para-hydroxylation sites is 1. The third kappa shape index (κ3) is 3.64. The third-order valence-corrected chi connectivity index (χ3v) is 4.63. The fourth-order valence-corrected chi connectivity index (χ4v) is 3.30. The summed E-state index contributed by atoms with van der Waals surface area (Å²) in [5, 5.41) is 4.50. The molecule has 0 spiro atoms. The van der Waals surface area contributed by atoms with Gasteiger partial charge in [0.05, 0.1) is 13.2 Å². The van der Waals surface area contributed by atoms with Crippen molar-refractivity contribution in [1.29, 1.82) is 0 Å². The quantitative estimate of drug-likeness (QED) is 0.724. The van der Waals surface area contributed by atoms with E-state index in [9.17, 15) is 9.18 Å². The average molecular weight is 361 g/mol. The zero-order valence-corrected chi connectivity index (χ0v) is 15.2. The first kappa shape index (κ1) is 18.5. The predicted octanol–water partition coefficient (Wildman–Crippen LogP) is 2.24. The molecule has 26 heavy (non-hydrogen) atoms. The van der Waals surface area contributed by atoms with E-state index in [-0.39, 0.29) is 11.7 Å². The van der Waals surface area contributed by atoms with Gasteiger partial charge in [-0.2, -0.15) is 5.10 Å². The molecule has 0 bridgehead atoms. The first-order chi connectivity index (χ1) is 12.7. The molecular formula is C19H24FN3O3. The van der Waals surface area contributed by atoms with Crippen molar-refractivity contribution in [2.45, 2.75) is 19.3 Å². The molecule has 1 aliphatic rings. The Hall–Kier alpha value is -2.25. The Kier molecular flexibility index (Phi) is 6.00. The first-order valence-corrected chi connectivity index (χ1v) is 8.80. The van der Waals surface area contributed by atoms with Gasteiger partial charge in [-0.3, -0.25) is 4.79 Å². The maximum Gasteiger partial charge on any atom is 0.274 e. The van der Waals surface area contributed by atoms with Gasteiger partial charge in [0.15, 0.2) is 5.69 Å². The molecule has 7 heteroatoms. The van der Waals surface area contributed by atoms with Crippen LogP contribution in [0.15, 0.2) is 24.3 Å². The summed E-state index contributed by atoms with van der Waals surface area (Å²) in [6.07, 6.45) is 2.52. The summed E-state index contributed by atoms with van der Waals surface area (Å²) < 4.78 is 26.1. The van der Waals surface area contributed by atoms with E-state index in [2.05, 4.69) is 5.10 Å². The van der Waals surface area contributed by atoms with Gasteiger partial charge in [0.1, 0.15) is 11.5 Å². The number of carbonyl (C=O) groups is 1. The molecule has 1 aromatic carbocycles. The van der Waals surface area contributed by atoms with E-state index in [4.69, 9.17) is 9.47 Å². The third-order valence-electron chi connectivity index (χ3n) is 4.63. The van der Waals surface area contributed by atoms with Crippen LogP contribution in [0, 0.1) is 5.82 Å². The highest BCUT2D eigenvalue weighted by molar-refractivity contribution is 5.94. The van der Waals surface area contributed by atoms with Crippen LogP contribution in [0.5, 0.6) is 0 Å². The minimum Gasteiger partial charge on any atom is -0.383 e. The van der Waals surface area contributed by atoms with Crippen LogP contribution in [0.4, 0.5) is 4.39 Å². The van der Waals surface area contributed by atoms with Gasteiger partial charge in [-0.15, -0.1) is 0 Å². The smallest absolute Gasteiger partial charge is 0.274 e. The number of ether oxygens (including phenoxy) is 2. The number of rotatable bonds is 8. The highest BCUT2D eigenvalue weighted by atomic mass is 19.1. The molecule has 1 amide bonds. The number of halogens is 1. The number of hydrogen-bond acceptors (Lipinski definition) is 4. The van der Waals surface area contributed by atoms with Gasteiger partial charge in [0, 0.05) is 38.6 Å². The monoisotopic (exact) mass is 361 g/mol. The van der Waals surface area contributed by atoms with Crippen LogP contribution in [0.3, 0.4) is 0 Å². The molecule has 0 radical (unpaired) electrons. The van der Waals surface area contributed by atoms with Crippen molar-refractivity contribution in [2.24, 2.45) is 0 Å². The van der Waals surface area contributed by atoms with Crippen LogP contribution >= 0.6 is 0 Å². The van der Waals surface area contributed by atoms with Crippen molar-refractivity contribution in [3.63, 3.8) is 0 Å². The second-order valence-electron chi connectivity index (χ2n) is 6.27. The number of amides is 1. The summed E-state index contributed by atoms with van der Waals surface area (Å²) in [6.45, 7) is 1.79. The lowest BCUT2D eigenvalue weighted by Crippen LogP contribution is -2.37. The van der Waals surface area contributed by atoms with Crippen LogP contribution < -0.4 is 0 Å². The van der Waals surface area contributed by atoms with Crippen molar-refractivity contribution in [3.8, 4) is 5.69 Å². The van der Waals surface area contributed by atoms with Crippen LogP contribution in [0.1, 0.15) is 28.2 Å². The van der Waals surface area contributed by atoms with E-state index < -0.39 is 0 Å². The number of methoxy groups -OCH3 is 2. The fraction of sp³-hybridized carbons (Fsp3) is 0.474. The van der Waals surface area contributed by atoms with E-state index in [0.717, 1.165) is 30.5 Å². The number of fused-ring (bicyclic) bond motifs is 1. The lowest BCUT2D eigenvalue weighted by atomic mass is 10.2. The Labute approximate surface area is 152 Å². The Balaban J connectivity index is 1.96. The number of nitrogens with zero attached hydrogens (tertiary/aromatic N) is 3. The predicted molar refractivity (Wildman–Crippen MR) is 95.2 cm³/mol. The molecule has 0 atom stereocenters. The summed E-state index contributed by atoms with van der Waals surface area (Å²) in [5.74, 6) is -0.508. The molecule has 1 heterocycles. The van der Waals surface area contributed by atoms with Crippen molar-refractivity contribution < 1.29 is 18.7 Å². The molecular weight excluding hydrogens is 337 g/mol. The molecule has 140 valence electrons. The molecule has 1 aromatic heterocycles. The van der Waals surface area contributed by atoms with E-state index in [1.165, 1.54) is 6.07 Å². The lowest BCUT2D eigenvalue weighted by molar-refractivity contribution is 0.0620. The van der Waals surface area contributed by atoms with E-state index in [1.807, 2.05) is 0 Å². The zero-order valence-electron chi connectivity index (χ0n) is 15.2. The lowest BCUT2D eigenvalue weighted by Gasteiger charge is -2.21. The minimum atomic E-state index is -0.348. The van der Waals surface area contributed by atoms with Crippen LogP contribution in [0.2, 0.25) is 0 Å². The summed E-state index contributed by atoms with van der Waals surface area (Å²) in [4.78, 5) is 14.8. The number of aromatic nitrogens is 2. The molecule has 0 N–H and O–H groups in total. The van der Waals surface area contributed by atoms with E-state index >= 15 is 0 Å². The first-order valence-electron chi connectivity index (χ1n) is 8.80. The van der Waals surface area contributed by atoms with Crippen LogP contribution in [-0.4, -0.2) is 61.1 Å². The van der Waals surface area contributed by atoms with Crippen LogP contribution in [-0.2, 0) is 22.3 Å². The normalized spacial score (nSPS) is 13.0. The van der Waals surface area contributed by atoms with Gasteiger partial charge in [-0.1, -0.05) is 12.1 Å². The van der Waals surface area contributed by atoms with Crippen molar-refractivity contribution >= 4 is 5.91 Å². The van der Waals surface area contributed by atoms with Crippen LogP contribution in [0.25, 0.3) is 5.69 Å². The Morgan fingerprint density at radius 3 is 2.54 bits per heavy atom. The molecule has 0 unspecified atom stereocenters. The van der Waals surface area contributed by atoms with Crippen molar-refractivity contribution in [2.75, 3.05) is 40.5 Å². The fourth-order valence-electron chi connectivity index (χ4n) is 3.30. The molecule has 0 saturated heterocycles. The topological polar surface area (TPSA) is 56.6 Å². The average Bonchev–Trinajstić information content (AvgIpc) is 3.25. The SMILES string of the molecule is COCCN(CCOC)C(=O)c1nn(-c2ccccc2F)c2c1CCC2. The van der Waals surface area contributed by atoms with Gasteiger partial charge in [-0.25, -0.2) is 9.07 Å². The molecule has 2 aromatic rings. The largest absolute Gasteiger partial charge is 0.383 e. The molecule has 6 nitrogen and oxygen atoms in total. The van der Waals surface area contributed by atoms with Gasteiger partial charge >= 0.3 is 0 Å². The van der Waals surface area contributed by atoms with Gasteiger partial charge < -0.3 is 14.4 Å². The maximum atomic E-state index is 14.3. The summed E-state index contributed by atoms with van der Waals surface area (Å²) in [6, 6.07) is 6.50. The number of benzene rings is 1. The maximum absolute atomic E-state index is 14.3. The number of hydrogen-bond donors (Lipinski definition) is 0. The Morgan fingerprint density at radius 1 is 1.19 bits per heavy atom. The Morgan fingerprint density at radius 2 is 1.88 bits per heavy atom. The van der Waals surface area contributed by atoms with Crippen molar-refractivity contribution in [1.82, 2.24) is 14.7 Å².